The fraction of sp³-hybridized carbons (Fsp3) is 0.100. The van der Waals surface area contributed by atoms with E-state index in [4.69, 9.17) is 22.3 Å². The van der Waals surface area contributed by atoms with E-state index < -0.39 is 15.0 Å². The molecule has 1 N–H and O–H groups in total. The van der Waals surface area contributed by atoms with Crippen LogP contribution in [0, 0.1) is 0 Å². The van der Waals surface area contributed by atoms with Crippen LogP contribution in [0.1, 0.15) is 10.4 Å². The molecule has 1 aromatic rings. The molecular formula is C10H9Cl2NO3S. The van der Waals surface area contributed by atoms with Crippen LogP contribution in [-0.4, -0.2) is 20.9 Å². The maximum Gasteiger partial charge on any atom is 0.261 e. The highest BCUT2D eigenvalue weighted by atomic mass is 35.7. The largest absolute Gasteiger partial charge is 0.349 e. The third-order valence-electron chi connectivity index (χ3n) is 1.82. The molecule has 0 heterocycles. The van der Waals surface area contributed by atoms with Crippen LogP contribution in [0.25, 0.3) is 0 Å². The molecule has 0 aliphatic heterocycles. The molecule has 0 unspecified atom stereocenters. The molecule has 0 fully saturated rings. The predicted octanol–water partition coefficient (Wildman–Crippen LogP) is 2.18. The van der Waals surface area contributed by atoms with Crippen LogP contribution >= 0.6 is 22.3 Å². The summed E-state index contributed by atoms with van der Waals surface area (Å²) in [6.45, 7) is 3.72. The van der Waals surface area contributed by atoms with Crippen molar-refractivity contribution in [3.05, 3.63) is 41.4 Å². The van der Waals surface area contributed by atoms with E-state index in [1.165, 1.54) is 18.2 Å². The Morgan fingerprint density at radius 2 is 2.06 bits per heavy atom. The SMILES string of the molecule is C=CCNC(=O)c1cc(Cl)cc(S(=O)(=O)Cl)c1. The van der Waals surface area contributed by atoms with Crippen molar-refractivity contribution in [2.45, 2.75) is 4.90 Å². The smallest absolute Gasteiger partial charge is 0.261 e. The molecule has 0 saturated carbocycles. The lowest BCUT2D eigenvalue weighted by atomic mass is 10.2. The molecule has 0 saturated heterocycles. The molecule has 0 aromatic heterocycles. The fourth-order valence-electron chi connectivity index (χ4n) is 1.10. The molecular weight excluding hydrogens is 285 g/mol. The lowest BCUT2D eigenvalue weighted by Crippen LogP contribution is -2.23. The zero-order valence-electron chi connectivity index (χ0n) is 8.61. The molecule has 0 bridgehead atoms. The molecule has 1 amide bonds. The van der Waals surface area contributed by atoms with Crippen molar-refractivity contribution in [2.75, 3.05) is 6.54 Å². The molecule has 1 rings (SSSR count). The highest BCUT2D eigenvalue weighted by molar-refractivity contribution is 8.13. The van der Waals surface area contributed by atoms with Crippen molar-refractivity contribution >= 4 is 37.2 Å². The second-order valence-corrected chi connectivity index (χ2v) is 6.11. The van der Waals surface area contributed by atoms with E-state index in [0.29, 0.717) is 0 Å². The highest BCUT2D eigenvalue weighted by Crippen LogP contribution is 2.21. The van der Waals surface area contributed by atoms with E-state index in [9.17, 15) is 13.2 Å². The van der Waals surface area contributed by atoms with Crippen LogP contribution in [0.2, 0.25) is 5.02 Å². The molecule has 0 aliphatic carbocycles. The Morgan fingerprint density at radius 3 is 2.59 bits per heavy atom. The lowest BCUT2D eigenvalue weighted by Gasteiger charge is -2.05. The average molecular weight is 294 g/mol. The van der Waals surface area contributed by atoms with Crippen LogP contribution in [0.15, 0.2) is 35.7 Å². The van der Waals surface area contributed by atoms with Gasteiger partial charge in [0, 0.05) is 27.8 Å². The quantitative estimate of drug-likeness (QED) is 0.684. The maximum absolute atomic E-state index is 11.6. The second-order valence-electron chi connectivity index (χ2n) is 3.11. The molecule has 0 aliphatic rings. The molecule has 4 nitrogen and oxygen atoms in total. The summed E-state index contributed by atoms with van der Waals surface area (Å²) in [7, 11) is 1.26. The molecule has 17 heavy (non-hydrogen) atoms. The minimum atomic E-state index is -3.91. The van der Waals surface area contributed by atoms with E-state index in [2.05, 4.69) is 11.9 Å². The van der Waals surface area contributed by atoms with Gasteiger partial charge in [-0.2, -0.15) is 0 Å². The topological polar surface area (TPSA) is 63.2 Å². The van der Waals surface area contributed by atoms with Crippen LogP contribution in [0.3, 0.4) is 0 Å². The Balaban J connectivity index is 3.14. The van der Waals surface area contributed by atoms with Gasteiger partial charge in [0.05, 0.1) is 4.90 Å². The van der Waals surface area contributed by atoms with Gasteiger partial charge in [0.1, 0.15) is 0 Å². The van der Waals surface area contributed by atoms with Gasteiger partial charge in [-0.3, -0.25) is 4.79 Å². The average Bonchev–Trinajstić information content (AvgIpc) is 2.23. The zero-order chi connectivity index (χ0) is 13.1. The molecule has 92 valence electrons. The summed E-state index contributed by atoms with van der Waals surface area (Å²) >= 11 is 5.71. The first kappa shape index (κ1) is 14.0. The van der Waals surface area contributed by atoms with Gasteiger partial charge in [-0.1, -0.05) is 17.7 Å². The number of halogens is 2. The summed E-state index contributed by atoms with van der Waals surface area (Å²) in [5, 5.41) is 2.62. The highest BCUT2D eigenvalue weighted by Gasteiger charge is 2.15. The number of nitrogens with one attached hydrogen (secondary N) is 1. The van der Waals surface area contributed by atoms with Gasteiger partial charge >= 0.3 is 0 Å². The van der Waals surface area contributed by atoms with Crippen LogP contribution in [0.5, 0.6) is 0 Å². The van der Waals surface area contributed by atoms with Crippen molar-refractivity contribution in [3.8, 4) is 0 Å². The van der Waals surface area contributed by atoms with Gasteiger partial charge in [-0.25, -0.2) is 8.42 Å². The second kappa shape index (κ2) is 5.53. The number of hydrogen-bond donors (Lipinski definition) is 1. The summed E-state index contributed by atoms with van der Waals surface area (Å²) in [6, 6.07) is 3.69. The minimum absolute atomic E-state index is 0.121. The van der Waals surface area contributed by atoms with Crippen LogP contribution in [0.4, 0.5) is 0 Å². The van der Waals surface area contributed by atoms with Gasteiger partial charge in [-0.05, 0) is 18.2 Å². The first-order valence-electron chi connectivity index (χ1n) is 4.49. The van der Waals surface area contributed by atoms with Gasteiger partial charge in [-0.15, -0.1) is 6.58 Å². The Kier molecular flexibility index (Phi) is 4.56. The first-order valence-corrected chi connectivity index (χ1v) is 7.17. The summed E-state index contributed by atoms with van der Waals surface area (Å²) in [4.78, 5) is 11.4. The van der Waals surface area contributed by atoms with Crippen molar-refractivity contribution in [1.29, 1.82) is 0 Å². The third kappa shape index (κ3) is 4.03. The van der Waals surface area contributed by atoms with Crippen molar-refractivity contribution in [1.82, 2.24) is 5.32 Å². The van der Waals surface area contributed by atoms with E-state index in [1.807, 2.05) is 0 Å². The molecule has 1 aromatic carbocycles. The number of amides is 1. The van der Waals surface area contributed by atoms with E-state index in [1.54, 1.807) is 0 Å². The summed E-state index contributed by atoms with van der Waals surface area (Å²) in [5.41, 5.74) is 0.124. The lowest BCUT2D eigenvalue weighted by molar-refractivity contribution is 0.0958. The van der Waals surface area contributed by atoms with Crippen molar-refractivity contribution in [3.63, 3.8) is 0 Å². The Hall–Kier alpha value is -1.04. The molecule has 0 atom stereocenters. The number of carbonyl (C=O) groups is 1. The molecule has 0 radical (unpaired) electrons. The van der Waals surface area contributed by atoms with Crippen molar-refractivity contribution < 1.29 is 13.2 Å². The predicted molar refractivity (Wildman–Crippen MR) is 67.0 cm³/mol. The van der Waals surface area contributed by atoms with Crippen LogP contribution < -0.4 is 5.32 Å². The van der Waals surface area contributed by atoms with Crippen molar-refractivity contribution in [2.24, 2.45) is 0 Å². The van der Waals surface area contributed by atoms with Gasteiger partial charge in [0.25, 0.3) is 15.0 Å². The van der Waals surface area contributed by atoms with Crippen LogP contribution in [-0.2, 0) is 9.05 Å². The zero-order valence-corrected chi connectivity index (χ0v) is 10.9. The van der Waals surface area contributed by atoms with E-state index in [-0.39, 0.29) is 22.0 Å². The number of benzene rings is 1. The summed E-state index contributed by atoms with van der Waals surface area (Å²) in [5.74, 6) is -0.450. The fourth-order valence-corrected chi connectivity index (χ4v) is 2.20. The normalized spacial score (nSPS) is 10.9. The van der Waals surface area contributed by atoms with Gasteiger partial charge < -0.3 is 5.32 Å². The molecule has 0 spiro atoms. The number of rotatable bonds is 4. The minimum Gasteiger partial charge on any atom is -0.349 e. The Bertz CT molecular complexity index is 555. The summed E-state index contributed by atoms with van der Waals surface area (Å²) < 4.78 is 22.3. The molecule has 7 heteroatoms. The first-order chi connectivity index (χ1) is 7.84. The number of hydrogen-bond acceptors (Lipinski definition) is 3. The number of carbonyl (C=O) groups excluding carboxylic acids is 1. The van der Waals surface area contributed by atoms with E-state index in [0.717, 1.165) is 6.07 Å². The maximum atomic E-state index is 11.6. The monoisotopic (exact) mass is 293 g/mol. The van der Waals surface area contributed by atoms with E-state index >= 15 is 0 Å². The van der Waals surface area contributed by atoms with Gasteiger partial charge in [0.15, 0.2) is 0 Å². The summed E-state index contributed by atoms with van der Waals surface area (Å²) in [6.07, 6.45) is 1.50. The Morgan fingerprint density at radius 1 is 1.41 bits per heavy atom. The third-order valence-corrected chi connectivity index (χ3v) is 3.37. The van der Waals surface area contributed by atoms with Gasteiger partial charge in [0.2, 0.25) is 0 Å². The standard InChI is InChI=1S/C10H9Cl2NO3S/c1-2-3-13-10(14)7-4-8(11)6-9(5-7)17(12,15)16/h2,4-6H,1,3H2,(H,13,14). The Labute approximate surface area is 109 Å².